The molecule has 0 saturated carbocycles. The average Bonchev–Trinajstić information content (AvgIpc) is 2.73. The van der Waals surface area contributed by atoms with Crippen molar-refractivity contribution in [2.75, 3.05) is 5.32 Å². The molecule has 0 fully saturated rings. The number of fused-ring (bicyclic) bond motifs is 1. The van der Waals surface area contributed by atoms with Gasteiger partial charge in [0.1, 0.15) is 6.04 Å². The fraction of sp³-hybridized carbons (Fsp3) is 0.0556. The summed E-state index contributed by atoms with van der Waals surface area (Å²) in [6.07, 6.45) is 4.53. The van der Waals surface area contributed by atoms with Crippen LogP contribution >= 0.6 is 0 Å². The van der Waals surface area contributed by atoms with Gasteiger partial charge in [-0.2, -0.15) is 0 Å². The van der Waals surface area contributed by atoms with Crippen LogP contribution in [0.2, 0.25) is 0 Å². The Morgan fingerprint density at radius 1 is 1.09 bits per heavy atom. The van der Waals surface area contributed by atoms with Gasteiger partial charge < -0.3 is 10.6 Å². The Morgan fingerprint density at radius 3 is 2.65 bits per heavy atom. The van der Waals surface area contributed by atoms with Crippen LogP contribution in [-0.4, -0.2) is 24.1 Å². The summed E-state index contributed by atoms with van der Waals surface area (Å²) in [7, 11) is 0. The van der Waals surface area contributed by atoms with E-state index in [1.165, 1.54) is 12.3 Å². The van der Waals surface area contributed by atoms with Gasteiger partial charge in [-0.25, -0.2) is 0 Å². The van der Waals surface area contributed by atoms with Crippen LogP contribution in [0.1, 0.15) is 5.56 Å². The Morgan fingerprint density at radius 2 is 1.83 bits per heavy atom. The number of hydrogen-bond acceptors (Lipinski definition) is 3. The molecule has 1 aliphatic heterocycles. The highest BCUT2D eigenvalue weighted by Gasteiger charge is 2.21. The quantitative estimate of drug-likeness (QED) is 0.856. The second-order valence-electron chi connectivity index (χ2n) is 5.01. The van der Waals surface area contributed by atoms with Crippen molar-refractivity contribution in [3.63, 3.8) is 0 Å². The smallest absolute Gasteiger partial charge is 0.252 e. The zero-order chi connectivity index (χ0) is 16.1. The third-order valence-electron chi connectivity index (χ3n) is 3.33. The van der Waals surface area contributed by atoms with Crippen LogP contribution in [0.4, 0.5) is 11.4 Å². The first-order valence-corrected chi connectivity index (χ1v) is 7.20. The molecule has 2 aromatic rings. The molecule has 1 atom stereocenters. The summed E-state index contributed by atoms with van der Waals surface area (Å²) in [6, 6.07) is 15.9. The van der Waals surface area contributed by atoms with E-state index in [1.54, 1.807) is 18.2 Å². The number of amides is 2. The molecule has 2 amide bonds. The highest BCUT2D eigenvalue weighted by atomic mass is 16.2. The van der Waals surface area contributed by atoms with Crippen LogP contribution in [0.15, 0.2) is 65.7 Å². The van der Waals surface area contributed by atoms with Gasteiger partial charge in [0.2, 0.25) is 5.91 Å². The molecule has 1 heterocycles. The molecule has 23 heavy (non-hydrogen) atoms. The highest BCUT2D eigenvalue weighted by molar-refractivity contribution is 6.11. The second kappa shape index (κ2) is 6.70. The van der Waals surface area contributed by atoms with E-state index in [4.69, 9.17) is 0 Å². The SMILES string of the molecule is O=C(C=Cc1ccccc1)NC1C=Nc2ccccc2NC1=O. The monoisotopic (exact) mass is 305 g/mol. The number of hydrogen-bond donors (Lipinski definition) is 2. The highest BCUT2D eigenvalue weighted by Crippen LogP contribution is 2.25. The topological polar surface area (TPSA) is 70.6 Å². The summed E-state index contributed by atoms with van der Waals surface area (Å²) >= 11 is 0. The number of para-hydroxylation sites is 2. The number of nitrogens with one attached hydrogen (secondary N) is 2. The maximum Gasteiger partial charge on any atom is 0.252 e. The molecule has 114 valence electrons. The minimum absolute atomic E-state index is 0.319. The molecule has 2 N–H and O–H groups in total. The first-order chi connectivity index (χ1) is 11.2. The van der Waals surface area contributed by atoms with Crippen LogP contribution in [0.3, 0.4) is 0 Å². The number of aliphatic imine (C=N–C) groups is 1. The molecule has 0 bridgehead atoms. The van der Waals surface area contributed by atoms with E-state index in [0.29, 0.717) is 11.4 Å². The van der Waals surface area contributed by atoms with Gasteiger partial charge in [-0.1, -0.05) is 42.5 Å². The molecule has 0 aromatic heterocycles. The molecule has 0 radical (unpaired) electrons. The summed E-state index contributed by atoms with van der Waals surface area (Å²) in [4.78, 5) is 28.4. The van der Waals surface area contributed by atoms with Crippen molar-refractivity contribution < 1.29 is 9.59 Å². The lowest BCUT2D eigenvalue weighted by molar-refractivity contribution is -0.122. The Hall–Kier alpha value is -3.21. The van der Waals surface area contributed by atoms with E-state index in [0.717, 1.165) is 5.56 Å². The number of nitrogens with zero attached hydrogens (tertiary/aromatic N) is 1. The third-order valence-corrected chi connectivity index (χ3v) is 3.33. The summed E-state index contributed by atoms with van der Waals surface area (Å²) in [5.41, 5.74) is 2.21. The first kappa shape index (κ1) is 14.7. The molecule has 1 aliphatic rings. The van der Waals surface area contributed by atoms with Crippen molar-refractivity contribution in [1.29, 1.82) is 0 Å². The summed E-state index contributed by atoms with van der Waals surface area (Å²) < 4.78 is 0. The van der Waals surface area contributed by atoms with Crippen molar-refractivity contribution in [3.8, 4) is 0 Å². The molecule has 0 saturated heterocycles. The zero-order valence-electron chi connectivity index (χ0n) is 12.3. The minimum Gasteiger partial charge on any atom is -0.336 e. The van der Waals surface area contributed by atoms with E-state index in [2.05, 4.69) is 15.6 Å². The molecular formula is C18H15N3O2. The average molecular weight is 305 g/mol. The largest absolute Gasteiger partial charge is 0.336 e. The predicted molar refractivity (Wildman–Crippen MR) is 90.6 cm³/mol. The lowest BCUT2D eigenvalue weighted by atomic mass is 10.2. The Bertz CT molecular complexity index is 782. The molecule has 2 aromatic carbocycles. The van der Waals surface area contributed by atoms with Gasteiger partial charge in [0.15, 0.2) is 0 Å². The van der Waals surface area contributed by atoms with Gasteiger partial charge in [-0.3, -0.25) is 14.6 Å². The molecule has 1 unspecified atom stereocenters. The zero-order valence-corrected chi connectivity index (χ0v) is 12.3. The van der Waals surface area contributed by atoms with Gasteiger partial charge >= 0.3 is 0 Å². The standard InChI is InChI=1S/C18H15N3O2/c22-17(11-10-13-6-2-1-3-7-13)20-16-12-19-14-8-4-5-9-15(14)21-18(16)23/h1-12,16H,(H,20,22)(H,21,23). The van der Waals surface area contributed by atoms with E-state index in [-0.39, 0.29) is 11.8 Å². The van der Waals surface area contributed by atoms with Crippen molar-refractivity contribution >= 4 is 35.5 Å². The van der Waals surface area contributed by atoms with Crippen molar-refractivity contribution in [2.24, 2.45) is 4.99 Å². The first-order valence-electron chi connectivity index (χ1n) is 7.20. The molecular weight excluding hydrogens is 290 g/mol. The lowest BCUT2D eigenvalue weighted by Gasteiger charge is -2.11. The third kappa shape index (κ3) is 3.71. The molecule has 0 spiro atoms. The summed E-state index contributed by atoms with van der Waals surface area (Å²) in [5, 5.41) is 5.38. The van der Waals surface area contributed by atoms with Gasteiger partial charge in [0.25, 0.3) is 5.91 Å². The second-order valence-corrected chi connectivity index (χ2v) is 5.01. The van der Waals surface area contributed by atoms with Gasteiger partial charge in [-0.15, -0.1) is 0 Å². The maximum atomic E-state index is 12.1. The van der Waals surface area contributed by atoms with Gasteiger partial charge in [0, 0.05) is 12.3 Å². The molecule has 5 heteroatoms. The fourth-order valence-electron chi connectivity index (χ4n) is 2.17. The number of benzene rings is 2. The molecule has 3 rings (SSSR count). The Balaban J connectivity index is 1.67. The molecule has 5 nitrogen and oxygen atoms in total. The number of anilines is 1. The summed E-state index contributed by atoms with van der Waals surface area (Å²) in [6.45, 7) is 0. The van der Waals surface area contributed by atoms with Crippen molar-refractivity contribution in [3.05, 3.63) is 66.2 Å². The van der Waals surface area contributed by atoms with E-state index >= 15 is 0 Å². The minimum atomic E-state index is -0.810. The van der Waals surface area contributed by atoms with Crippen molar-refractivity contribution in [1.82, 2.24) is 5.32 Å². The van der Waals surface area contributed by atoms with E-state index in [9.17, 15) is 9.59 Å². The van der Waals surface area contributed by atoms with Crippen molar-refractivity contribution in [2.45, 2.75) is 6.04 Å². The Labute approximate surface area is 133 Å². The Kier molecular flexibility index (Phi) is 4.29. The van der Waals surface area contributed by atoms with Crippen LogP contribution in [0.5, 0.6) is 0 Å². The van der Waals surface area contributed by atoms with Crippen LogP contribution < -0.4 is 10.6 Å². The van der Waals surface area contributed by atoms with E-state index in [1.807, 2.05) is 42.5 Å². The molecule has 0 aliphatic carbocycles. The predicted octanol–water partition coefficient (Wildman–Crippen LogP) is 2.54. The lowest BCUT2D eigenvalue weighted by Crippen LogP contribution is -2.43. The maximum absolute atomic E-state index is 12.1. The normalized spacial score (nSPS) is 16.5. The van der Waals surface area contributed by atoms with Gasteiger partial charge in [0.05, 0.1) is 11.4 Å². The van der Waals surface area contributed by atoms with Crippen LogP contribution in [0.25, 0.3) is 6.08 Å². The number of carbonyl (C=O) groups is 2. The van der Waals surface area contributed by atoms with Crippen LogP contribution in [-0.2, 0) is 9.59 Å². The fourth-order valence-corrected chi connectivity index (χ4v) is 2.17. The number of rotatable bonds is 3. The van der Waals surface area contributed by atoms with Gasteiger partial charge in [-0.05, 0) is 23.8 Å². The number of carbonyl (C=O) groups excluding carboxylic acids is 2. The summed E-state index contributed by atoms with van der Waals surface area (Å²) in [5.74, 6) is -0.674. The van der Waals surface area contributed by atoms with E-state index < -0.39 is 6.04 Å². The van der Waals surface area contributed by atoms with Crippen LogP contribution in [0, 0.1) is 0 Å².